The lowest BCUT2D eigenvalue weighted by molar-refractivity contribution is -0.120. The third-order valence-electron chi connectivity index (χ3n) is 5.95. The Morgan fingerprint density at radius 2 is 1.72 bits per heavy atom. The van der Waals surface area contributed by atoms with E-state index in [1.165, 1.54) is 17.7 Å². The van der Waals surface area contributed by atoms with Crippen molar-refractivity contribution in [3.05, 3.63) is 88.6 Å². The number of nitrogens with one attached hydrogen (secondary N) is 1. The standard InChI is InChI=1S/C26H27FN4O/c1-16(20-8-6-5-7-9-20)15-28-24(32)14-23-17(2)29-26-25(18(3)30-31(26)19(23)4)21-10-12-22(27)13-11-21/h5-13,16H,14-15H2,1-4H3,(H,28,32)/t16-/m0/s1. The van der Waals surface area contributed by atoms with Crippen molar-refractivity contribution < 1.29 is 9.18 Å². The second kappa shape index (κ2) is 8.91. The molecule has 1 atom stereocenters. The van der Waals surface area contributed by atoms with E-state index in [4.69, 9.17) is 4.98 Å². The largest absolute Gasteiger partial charge is 0.355 e. The van der Waals surface area contributed by atoms with E-state index in [2.05, 4.69) is 29.5 Å². The Labute approximate surface area is 187 Å². The second-order valence-corrected chi connectivity index (χ2v) is 8.26. The van der Waals surface area contributed by atoms with Gasteiger partial charge in [0.2, 0.25) is 5.91 Å². The van der Waals surface area contributed by atoms with Gasteiger partial charge in [0.15, 0.2) is 5.65 Å². The van der Waals surface area contributed by atoms with Crippen molar-refractivity contribution in [3.63, 3.8) is 0 Å². The van der Waals surface area contributed by atoms with Crippen molar-refractivity contribution in [1.82, 2.24) is 19.9 Å². The summed E-state index contributed by atoms with van der Waals surface area (Å²) in [5.41, 5.74) is 7.02. The first-order valence-corrected chi connectivity index (χ1v) is 10.8. The molecule has 164 valence electrons. The van der Waals surface area contributed by atoms with Crippen LogP contribution in [-0.4, -0.2) is 27.0 Å². The van der Waals surface area contributed by atoms with Gasteiger partial charge in [-0.3, -0.25) is 4.79 Å². The van der Waals surface area contributed by atoms with Gasteiger partial charge in [-0.25, -0.2) is 13.9 Å². The summed E-state index contributed by atoms with van der Waals surface area (Å²) in [4.78, 5) is 17.5. The summed E-state index contributed by atoms with van der Waals surface area (Å²) >= 11 is 0. The number of hydrogen-bond acceptors (Lipinski definition) is 3. The maximum absolute atomic E-state index is 13.4. The van der Waals surface area contributed by atoms with Crippen molar-refractivity contribution in [3.8, 4) is 11.1 Å². The highest BCUT2D eigenvalue weighted by Crippen LogP contribution is 2.29. The molecule has 1 amide bonds. The van der Waals surface area contributed by atoms with Gasteiger partial charge in [0, 0.05) is 29.1 Å². The Bertz CT molecular complexity index is 1260. The minimum absolute atomic E-state index is 0.0391. The number of aromatic nitrogens is 3. The topological polar surface area (TPSA) is 59.3 Å². The Balaban J connectivity index is 1.57. The van der Waals surface area contributed by atoms with Crippen molar-refractivity contribution in [2.75, 3.05) is 6.54 Å². The van der Waals surface area contributed by atoms with Gasteiger partial charge in [-0.15, -0.1) is 0 Å². The fourth-order valence-corrected chi connectivity index (χ4v) is 4.07. The highest BCUT2D eigenvalue weighted by atomic mass is 19.1. The molecule has 0 aliphatic heterocycles. The average molecular weight is 431 g/mol. The van der Waals surface area contributed by atoms with Gasteiger partial charge in [0.25, 0.3) is 0 Å². The van der Waals surface area contributed by atoms with Gasteiger partial charge in [0.1, 0.15) is 5.82 Å². The summed E-state index contributed by atoms with van der Waals surface area (Å²) in [5, 5.41) is 7.71. The van der Waals surface area contributed by atoms with E-state index in [0.717, 1.165) is 33.8 Å². The van der Waals surface area contributed by atoms with Gasteiger partial charge in [0.05, 0.1) is 12.1 Å². The van der Waals surface area contributed by atoms with E-state index in [1.807, 2.05) is 39.0 Å². The SMILES string of the molecule is Cc1nc2c(-c3ccc(F)cc3)c(C)nn2c(C)c1CC(=O)NC[C@H](C)c1ccccc1. The van der Waals surface area contributed by atoms with Crippen LogP contribution in [0.2, 0.25) is 0 Å². The van der Waals surface area contributed by atoms with Crippen LogP contribution in [0.5, 0.6) is 0 Å². The quantitative estimate of drug-likeness (QED) is 0.472. The van der Waals surface area contributed by atoms with Crippen LogP contribution in [0.3, 0.4) is 0 Å². The average Bonchev–Trinajstić information content (AvgIpc) is 3.12. The fraction of sp³-hybridized carbons (Fsp3) is 0.269. The third-order valence-corrected chi connectivity index (χ3v) is 5.95. The van der Waals surface area contributed by atoms with Gasteiger partial charge >= 0.3 is 0 Å². The van der Waals surface area contributed by atoms with Crippen LogP contribution in [-0.2, 0) is 11.2 Å². The Morgan fingerprint density at radius 1 is 1.03 bits per heavy atom. The Kier molecular flexibility index (Phi) is 6.04. The molecule has 4 aromatic rings. The molecule has 0 saturated heterocycles. The molecule has 32 heavy (non-hydrogen) atoms. The summed E-state index contributed by atoms with van der Waals surface area (Å²) in [6, 6.07) is 16.5. The molecule has 0 spiro atoms. The number of nitrogens with zero attached hydrogens (tertiary/aromatic N) is 3. The van der Waals surface area contributed by atoms with Crippen LogP contribution in [0.25, 0.3) is 16.8 Å². The highest BCUT2D eigenvalue weighted by Gasteiger charge is 2.19. The van der Waals surface area contributed by atoms with E-state index in [0.29, 0.717) is 12.2 Å². The third kappa shape index (κ3) is 4.26. The van der Waals surface area contributed by atoms with E-state index in [9.17, 15) is 9.18 Å². The number of carbonyl (C=O) groups excluding carboxylic acids is 1. The van der Waals surface area contributed by atoms with Crippen LogP contribution >= 0.6 is 0 Å². The number of fused-ring (bicyclic) bond motifs is 1. The number of amides is 1. The molecule has 6 heteroatoms. The predicted molar refractivity (Wildman–Crippen MR) is 124 cm³/mol. The van der Waals surface area contributed by atoms with Gasteiger partial charge in [-0.05, 0) is 49.9 Å². The monoisotopic (exact) mass is 430 g/mol. The fourth-order valence-electron chi connectivity index (χ4n) is 4.07. The number of hydrogen-bond donors (Lipinski definition) is 1. The molecule has 0 radical (unpaired) electrons. The highest BCUT2D eigenvalue weighted by molar-refractivity contribution is 5.82. The van der Waals surface area contributed by atoms with E-state index in [-0.39, 0.29) is 24.1 Å². The molecule has 4 rings (SSSR count). The number of carbonyl (C=O) groups is 1. The van der Waals surface area contributed by atoms with Crippen LogP contribution in [0.4, 0.5) is 4.39 Å². The lowest BCUT2D eigenvalue weighted by Crippen LogP contribution is -2.29. The normalized spacial score (nSPS) is 12.2. The first-order valence-electron chi connectivity index (χ1n) is 10.8. The summed E-state index contributed by atoms with van der Waals surface area (Å²) in [6.45, 7) is 8.46. The molecular formula is C26H27FN4O. The summed E-state index contributed by atoms with van der Waals surface area (Å²) in [7, 11) is 0. The van der Waals surface area contributed by atoms with Crippen LogP contribution in [0, 0.1) is 26.6 Å². The van der Waals surface area contributed by atoms with Crippen molar-refractivity contribution >= 4 is 11.6 Å². The second-order valence-electron chi connectivity index (χ2n) is 8.26. The molecule has 0 bridgehead atoms. The summed E-state index contributed by atoms with van der Waals surface area (Å²) < 4.78 is 15.2. The first kappa shape index (κ1) is 21.7. The summed E-state index contributed by atoms with van der Waals surface area (Å²) in [6.07, 6.45) is 0.243. The lowest BCUT2D eigenvalue weighted by Gasteiger charge is -2.15. The van der Waals surface area contributed by atoms with E-state index < -0.39 is 0 Å². The smallest absolute Gasteiger partial charge is 0.224 e. The number of benzene rings is 2. The van der Waals surface area contributed by atoms with Crippen LogP contribution in [0.1, 0.15) is 41.1 Å². The van der Waals surface area contributed by atoms with E-state index >= 15 is 0 Å². The molecule has 0 aliphatic carbocycles. The number of rotatable bonds is 6. The van der Waals surface area contributed by atoms with Crippen molar-refractivity contribution in [1.29, 1.82) is 0 Å². The number of halogens is 1. The molecule has 2 heterocycles. The Morgan fingerprint density at radius 3 is 2.41 bits per heavy atom. The molecule has 1 N–H and O–H groups in total. The molecule has 0 fully saturated rings. The van der Waals surface area contributed by atoms with Crippen LogP contribution < -0.4 is 5.32 Å². The maximum Gasteiger partial charge on any atom is 0.224 e. The molecule has 2 aromatic carbocycles. The molecule has 2 aromatic heterocycles. The molecule has 0 saturated carbocycles. The van der Waals surface area contributed by atoms with Crippen molar-refractivity contribution in [2.45, 2.75) is 40.0 Å². The lowest BCUT2D eigenvalue weighted by atomic mass is 10.0. The van der Waals surface area contributed by atoms with Gasteiger partial charge in [-0.2, -0.15) is 5.10 Å². The Hall–Kier alpha value is -3.54. The van der Waals surface area contributed by atoms with Crippen molar-refractivity contribution in [2.24, 2.45) is 0 Å². The molecule has 0 unspecified atom stereocenters. The zero-order valence-electron chi connectivity index (χ0n) is 18.8. The number of aryl methyl sites for hydroxylation is 3. The minimum Gasteiger partial charge on any atom is -0.355 e. The zero-order valence-corrected chi connectivity index (χ0v) is 18.8. The molecule has 5 nitrogen and oxygen atoms in total. The molecule has 0 aliphatic rings. The predicted octanol–water partition coefficient (Wildman–Crippen LogP) is 4.92. The van der Waals surface area contributed by atoms with Gasteiger partial charge < -0.3 is 5.32 Å². The van der Waals surface area contributed by atoms with Crippen LogP contribution in [0.15, 0.2) is 54.6 Å². The van der Waals surface area contributed by atoms with E-state index in [1.54, 1.807) is 16.6 Å². The summed E-state index contributed by atoms with van der Waals surface area (Å²) in [5.74, 6) is -0.0872. The molecular weight excluding hydrogens is 403 g/mol. The zero-order chi connectivity index (χ0) is 22.8. The first-order chi connectivity index (χ1) is 15.3. The maximum atomic E-state index is 13.4. The minimum atomic E-state index is -0.280. The van der Waals surface area contributed by atoms with Gasteiger partial charge in [-0.1, -0.05) is 49.4 Å².